The Kier molecular flexibility index (Phi) is 7.18. The Labute approximate surface area is 149 Å². The smallest absolute Gasteiger partial charge is 0.173 e. The second-order valence-corrected chi connectivity index (χ2v) is 8.69. The molecule has 21 heavy (non-hydrogen) atoms. The van der Waals surface area contributed by atoms with Gasteiger partial charge in [0.2, 0.25) is 0 Å². The van der Waals surface area contributed by atoms with Crippen LogP contribution in [0.15, 0.2) is 12.4 Å². The summed E-state index contributed by atoms with van der Waals surface area (Å²) in [7, 11) is 6.46. The Morgan fingerprint density at radius 2 is 1.19 bits per heavy atom. The monoisotopic (exact) mass is 404 g/mol. The zero-order valence-electron chi connectivity index (χ0n) is 15.3. The molecule has 0 saturated carbocycles. The predicted molar refractivity (Wildman–Crippen MR) is 88.3 cm³/mol. The lowest BCUT2D eigenvalue weighted by Crippen LogP contribution is -3.00. The Bertz CT molecular complexity index is 428. The van der Waals surface area contributed by atoms with Gasteiger partial charge in [0.15, 0.2) is 12.4 Å². The Hall–Kier alpha value is -0.320. The van der Waals surface area contributed by atoms with Gasteiger partial charge in [-0.3, -0.25) is 0 Å². The molecule has 1 heterocycles. The predicted octanol–water partition coefficient (Wildman–Crippen LogP) is 0.758. The zero-order chi connectivity index (χ0) is 15.7. The lowest BCUT2D eigenvalue weighted by molar-refractivity contribution is -0.672. The molecule has 0 fully saturated rings. The van der Waals surface area contributed by atoms with Crippen LogP contribution in [0.25, 0.3) is 0 Å². The fourth-order valence-corrected chi connectivity index (χ4v) is 2.83. The van der Waals surface area contributed by atoms with Gasteiger partial charge in [-0.05, 0) is 23.7 Å². The summed E-state index contributed by atoms with van der Waals surface area (Å²) in [4.78, 5) is 2.28. The summed E-state index contributed by atoms with van der Waals surface area (Å²) in [6.45, 7) is 13.9. The third kappa shape index (κ3) is 6.98. The van der Waals surface area contributed by atoms with Crippen molar-refractivity contribution in [3.05, 3.63) is 23.5 Å². The molecule has 2 nitrogen and oxygen atoms in total. The van der Waals surface area contributed by atoms with E-state index in [2.05, 4.69) is 84.5 Å². The molecule has 0 aromatic carbocycles. The van der Waals surface area contributed by atoms with Crippen LogP contribution in [0.2, 0.25) is 0 Å². The summed E-state index contributed by atoms with van der Waals surface area (Å²) in [6.07, 6.45) is 6.78. The molecule has 0 bridgehead atoms. The highest BCUT2D eigenvalue weighted by Crippen LogP contribution is 2.32. The minimum absolute atomic E-state index is 0. The summed E-state index contributed by atoms with van der Waals surface area (Å²) in [5.41, 5.74) is 4.92. The van der Waals surface area contributed by atoms with E-state index < -0.39 is 0 Å². The first-order valence-corrected chi connectivity index (χ1v) is 7.57. The first kappa shape index (κ1) is 20.7. The van der Waals surface area contributed by atoms with Crippen molar-refractivity contribution < 1.29 is 28.5 Å². The molecule has 0 aliphatic heterocycles. The van der Waals surface area contributed by atoms with Crippen molar-refractivity contribution in [1.82, 2.24) is 0 Å². The van der Waals surface area contributed by atoms with Crippen molar-refractivity contribution in [3.63, 3.8) is 0 Å². The highest BCUT2D eigenvalue weighted by Gasteiger charge is 2.24. The summed E-state index contributed by atoms with van der Waals surface area (Å²) in [6, 6.07) is 0. The number of nitrogens with zero attached hydrogens (tertiary/aromatic N) is 2. The molecule has 0 N–H and O–H groups in total. The van der Waals surface area contributed by atoms with Crippen molar-refractivity contribution in [2.24, 2.45) is 17.9 Å². The standard InChI is InChI=1S/C18H33N2.HI/c1-17(2,3)10-14-12-20(9)13-15(11-18(4,5)6)16(14)19(7)8;/h12-13H,10-11H2,1-9H3;1H/q+1;/p-1. The molecule has 0 unspecified atom stereocenters. The number of halogens is 1. The fourth-order valence-electron chi connectivity index (χ4n) is 2.83. The maximum Gasteiger partial charge on any atom is 0.173 e. The van der Waals surface area contributed by atoms with Gasteiger partial charge < -0.3 is 28.9 Å². The molecule has 1 aromatic rings. The SMILES string of the molecule is CN(C)c1c(CC(C)(C)C)c[n+](C)cc1CC(C)(C)C.[I-]. The number of anilines is 1. The number of aryl methyl sites for hydroxylation is 1. The van der Waals surface area contributed by atoms with Crippen molar-refractivity contribution in [1.29, 1.82) is 0 Å². The molecule has 0 aliphatic carbocycles. The number of aromatic nitrogens is 1. The van der Waals surface area contributed by atoms with E-state index in [0.29, 0.717) is 10.8 Å². The van der Waals surface area contributed by atoms with Gasteiger partial charge in [0.1, 0.15) is 7.05 Å². The van der Waals surface area contributed by atoms with Crippen molar-refractivity contribution in [2.45, 2.75) is 54.4 Å². The average Bonchev–Trinajstić information content (AvgIpc) is 2.08. The zero-order valence-corrected chi connectivity index (χ0v) is 17.5. The molecule has 0 aliphatic rings. The van der Waals surface area contributed by atoms with Crippen LogP contribution >= 0.6 is 0 Å². The second-order valence-electron chi connectivity index (χ2n) is 8.69. The molecule has 0 amide bonds. The van der Waals surface area contributed by atoms with Crippen LogP contribution in [-0.2, 0) is 19.9 Å². The summed E-state index contributed by atoms with van der Waals surface area (Å²) in [5, 5.41) is 0. The topological polar surface area (TPSA) is 7.12 Å². The first-order chi connectivity index (χ1) is 8.89. The third-order valence-electron chi connectivity index (χ3n) is 3.22. The molecule has 0 saturated heterocycles. The van der Waals surface area contributed by atoms with E-state index in [9.17, 15) is 0 Å². The first-order valence-electron chi connectivity index (χ1n) is 7.57. The van der Waals surface area contributed by atoms with Crippen LogP contribution in [0, 0.1) is 10.8 Å². The highest BCUT2D eigenvalue weighted by atomic mass is 127. The number of hydrogen-bond donors (Lipinski definition) is 0. The normalized spacial score (nSPS) is 12.0. The average molecular weight is 404 g/mol. The van der Waals surface area contributed by atoms with Crippen LogP contribution in [0.5, 0.6) is 0 Å². The van der Waals surface area contributed by atoms with Gasteiger partial charge in [0, 0.05) is 25.2 Å². The number of pyridine rings is 1. The lowest BCUT2D eigenvalue weighted by Gasteiger charge is -2.27. The Balaban J connectivity index is 0.00000400. The minimum atomic E-state index is 0. The molecular weight excluding hydrogens is 371 g/mol. The largest absolute Gasteiger partial charge is 1.00 e. The van der Waals surface area contributed by atoms with E-state index in [-0.39, 0.29) is 24.0 Å². The van der Waals surface area contributed by atoms with E-state index in [1.165, 1.54) is 16.8 Å². The summed E-state index contributed by atoms with van der Waals surface area (Å²) in [5.74, 6) is 0. The molecule has 0 spiro atoms. The van der Waals surface area contributed by atoms with Crippen LogP contribution < -0.4 is 33.4 Å². The van der Waals surface area contributed by atoms with Gasteiger partial charge in [-0.25, -0.2) is 4.57 Å². The van der Waals surface area contributed by atoms with E-state index >= 15 is 0 Å². The van der Waals surface area contributed by atoms with Gasteiger partial charge in [0.05, 0.1) is 5.69 Å². The molecule has 0 atom stereocenters. The number of rotatable bonds is 3. The molecule has 0 radical (unpaired) electrons. The van der Waals surface area contributed by atoms with Gasteiger partial charge >= 0.3 is 0 Å². The fraction of sp³-hybridized carbons (Fsp3) is 0.722. The second kappa shape index (κ2) is 7.30. The van der Waals surface area contributed by atoms with Crippen molar-refractivity contribution in [2.75, 3.05) is 19.0 Å². The molecular formula is C18H33IN2. The van der Waals surface area contributed by atoms with Gasteiger partial charge in [-0.15, -0.1) is 0 Å². The maximum absolute atomic E-state index is 2.31. The summed E-state index contributed by atoms with van der Waals surface area (Å²) >= 11 is 0. The molecule has 3 heteroatoms. The maximum atomic E-state index is 2.31. The quantitative estimate of drug-likeness (QED) is 0.533. The van der Waals surface area contributed by atoms with Gasteiger partial charge in [0.25, 0.3) is 0 Å². The molecule has 1 aromatic heterocycles. The molecule has 122 valence electrons. The molecule has 1 rings (SSSR count). The van der Waals surface area contributed by atoms with E-state index in [4.69, 9.17) is 0 Å². The number of hydrogen-bond acceptors (Lipinski definition) is 1. The van der Waals surface area contributed by atoms with E-state index in [1.54, 1.807) is 0 Å². The van der Waals surface area contributed by atoms with Crippen molar-refractivity contribution in [3.8, 4) is 0 Å². The third-order valence-corrected chi connectivity index (χ3v) is 3.22. The van der Waals surface area contributed by atoms with Crippen LogP contribution in [0.3, 0.4) is 0 Å². The van der Waals surface area contributed by atoms with Crippen LogP contribution in [-0.4, -0.2) is 14.1 Å². The van der Waals surface area contributed by atoms with E-state index in [0.717, 1.165) is 12.8 Å². The van der Waals surface area contributed by atoms with Crippen molar-refractivity contribution >= 4 is 5.69 Å². The van der Waals surface area contributed by atoms with Gasteiger partial charge in [-0.1, -0.05) is 41.5 Å². The Morgan fingerprint density at radius 3 is 1.43 bits per heavy atom. The van der Waals surface area contributed by atoms with Crippen LogP contribution in [0.1, 0.15) is 52.7 Å². The lowest BCUT2D eigenvalue weighted by atomic mass is 9.84. The van der Waals surface area contributed by atoms with Gasteiger partial charge in [-0.2, -0.15) is 0 Å². The summed E-state index contributed by atoms with van der Waals surface area (Å²) < 4.78 is 2.22. The van der Waals surface area contributed by atoms with Crippen LogP contribution in [0.4, 0.5) is 5.69 Å². The minimum Gasteiger partial charge on any atom is -1.00 e. The highest BCUT2D eigenvalue weighted by molar-refractivity contribution is 5.57. The van der Waals surface area contributed by atoms with E-state index in [1.807, 2.05) is 0 Å². The Morgan fingerprint density at radius 1 is 0.857 bits per heavy atom.